The van der Waals surface area contributed by atoms with E-state index in [0.717, 1.165) is 0 Å². The van der Waals surface area contributed by atoms with E-state index in [1.165, 1.54) is 91.3 Å². The molecule has 0 atom stereocenters. The second-order valence-electron chi connectivity index (χ2n) is 13.7. The van der Waals surface area contributed by atoms with Crippen LogP contribution in [0.4, 0.5) is 17.1 Å². The number of hydrogen-bond acceptors (Lipinski definition) is 1. The van der Waals surface area contributed by atoms with Crippen LogP contribution in [0.3, 0.4) is 0 Å². The number of fused-ring (bicyclic) bond motifs is 10. The number of benzene rings is 8. The molecular formula is C47H33NSe. The summed E-state index contributed by atoms with van der Waals surface area (Å²) >= 11 is 0.117. The van der Waals surface area contributed by atoms with Crippen LogP contribution in [0.25, 0.3) is 63.1 Å². The molecule has 1 aliphatic rings. The van der Waals surface area contributed by atoms with Crippen molar-refractivity contribution in [1.82, 2.24) is 0 Å². The summed E-state index contributed by atoms with van der Waals surface area (Å²) in [5, 5.41) is 8.12. The zero-order chi connectivity index (χ0) is 32.7. The van der Waals surface area contributed by atoms with Crippen molar-refractivity contribution in [2.24, 2.45) is 0 Å². The van der Waals surface area contributed by atoms with E-state index in [9.17, 15) is 0 Å². The molecule has 0 spiro atoms. The molecule has 1 nitrogen and oxygen atoms in total. The molecule has 0 amide bonds. The van der Waals surface area contributed by atoms with Gasteiger partial charge in [-0.25, -0.2) is 0 Å². The number of anilines is 3. The van der Waals surface area contributed by atoms with E-state index in [4.69, 9.17) is 0 Å². The van der Waals surface area contributed by atoms with E-state index in [1.807, 2.05) is 0 Å². The van der Waals surface area contributed by atoms with Crippen molar-refractivity contribution in [3.8, 4) is 22.3 Å². The molecule has 1 aliphatic carbocycles. The van der Waals surface area contributed by atoms with E-state index in [2.05, 4.69) is 183 Å². The summed E-state index contributed by atoms with van der Waals surface area (Å²) in [6.07, 6.45) is 0. The van der Waals surface area contributed by atoms with Gasteiger partial charge < -0.3 is 0 Å². The topological polar surface area (TPSA) is 3.24 Å². The monoisotopic (exact) mass is 691 g/mol. The van der Waals surface area contributed by atoms with Gasteiger partial charge in [-0.1, -0.05) is 0 Å². The molecule has 0 saturated heterocycles. The van der Waals surface area contributed by atoms with E-state index in [-0.39, 0.29) is 19.9 Å². The number of rotatable bonds is 4. The maximum absolute atomic E-state index is 2.52. The van der Waals surface area contributed by atoms with Crippen LogP contribution < -0.4 is 4.90 Å². The van der Waals surface area contributed by atoms with Gasteiger partial charge in [0.2, 0.25) is 0 Å². The van der Waals surface area contributed by atoms with Crippen molar-refractivity contribution >= 4 is 72.4 Å². The van der Waals surface area contributed by atoms with Gasteiger partial charge in [0.15, 0.2) is 0 Å². The van der Waals surface area contributed by atoms with Crippen LogP contribution in [0.15, 0.2) is 164 Å². The molecule has 8 aromatic carbocycles. The van der Waals surface area contributed by atoms with Crippen molar-refractivity contribution < 1.29 is 0 Å². The van der Waals surface area contributed by atoms with Crippen molar-refractivity contribution in [3.05, 3.63) is 175 Å². The van der Waals surface area contributed by atoms with Crippen LogP contribution in [0.1, 0.15) is 25.0 Å². The predicted octanol–water partition coefficient (Wildman–Crippen LogP) is 12.8. The zero-order valence-corrected chi connectivity index (χ0v) is 29.2. The van der Waals surface area contributed by atoms with E-state index >= 15 is 0 Å². The first kappa shape index (κ1) is 28.6. The molecule has 0 N–H and O–H groups in total. The molecule has 0 radical (unpaired) electrons. The third kappa shape index (κ3) is 4.31. The summed E-state index contributed by atoms with van der Waals surface area (Å²) in [6, 6.07) is 60.9. The minimum absolute atomic E-state index is 0.0366. The number of hydrogen-bond donors (Lipinski definition) is 0. The van der Waals surface area contributed by atoms with Crippen molar-refractivity contribution in [1.29, 1.82) is 0 Å². The minimum atomic E-state index is -0.0366. The third-order valence-electron chi connectivity index (χ3n) is 10.6. The molecule has 10 rings (SSSR count). The Labute approximate surface area is 292 Å². The molecule has 1 aromatic heterocycles. The number of nitrogens with zero attached hydrogens (tertiary/aromatic N) is 1. The summed E-state index contributed by atoms with van der Waals surface area (Å²) in [4.78, 5) is 2.52. The Kier molecular flexibility index (Phi) is 6.31. The normalized spacial score (nSPS) is 13.3. The summed E-state index contributed by atoms with van der Waals surface area (Å²) in [5.41, 5.74) is 11.5. The first-order valence-corrected chi connectivity index (χ1v) is 18.7. The Bertz CT molecular complexity index is 2750. The second kappa shape index (κ2) is 10.8. The fraction of sp³-hybridized carbons (Fsp3) is 0.0638. The van der Waals surface area contributed by atoms with Gasteiger partial charge in [0.25, 0.3) is 0 Å². The van der Waals surface area contributed by atoms with Crippen molar-refractivity contribution in [2.45, 2.75) is 19.3 Å². The van der Waals surface area contributed by atoms with Gasteiger partial charge in [-0.2, -0.15) is 0 Å². The molecule has 0 unspecified atom stereocenters. The van der Waals surface area contributed by atoms with Gasteiger partial charge >= 0.3 is 294 Å². The van der Waals surface area contributed by atoms with Crippen LogP contribution in [0.2, 0.25) is 0 Å². The van der Waals surface area contributed by atoms with Crippen LogP contribution in [-0.4, -0.2) is 14.5 Å². The van der Waals surface area contributed by atoms with Gasteiger partial charge in [-0.3, -0.25) is 0 Å². The van der Waals surface area contributed by atoms with Gasteiger partial charge in [-0.15, -0.1) is 0 Å². The molecule has 0 saturated carbocycles. The molecule has 2 heteroatoms. The summed E-state index contributed by atoms with van der Waals surface area (Å²) in [5.74, 6) is 0. The Hall–Kier alpha value is -5.40. The predicted molar refractivity (Wildman–Crippen MR) is 211 cm³/mol. The third-order valence-corrected chi connectivity index (χ3v) is 13.3. The van der Waals surface area contributed by atoms with E-state index < -0.39 is 0 Å². The van der Waals surface area contributed by atoms with Crippen molar-refractivity contribution in [3.63, 3.8) is 0 Å². The first-order chi connectivity index (χ1) is 24.1. The molecule has 49 heavy (non-hydrogen) atoms. The molecule has 0 aliphatic heterocycles. The van der Waals surface area contributed by atoms with Gasteiger partial charge in [0.05, 0.1) is 0 Å². The summed E-state index contributed by atoms with van der Waals surface area (Å²) in [7, 11) is 0. The molecule has 9 aromatic rings. The van der Waals surface area contributed by atoms with Gasteiger partial charge in [0.1, 0.15) is 0 Å². The average molecular weight is 691 g/mol. The standard InChI is InChI=1S/C47H33NSe/c1-47(2)41-20-9-8-18-37(41)40-29-35(25-27-42(40)47)48(34-16-10-15-33(28-34)30-12-4-3-5-13-30)43-21-11-19-38-39-26-24-32-23-22-31-14-6-7-17-36(31)44(32)46(39)49-45(38)43/h3-29H,1-2H3. The fourth-order valence-electron chi connectivity index (χ4n) is 8.23. The van der Waals surface area contributed by atoms with E-state index in [0.29, 0.717) is 0 Å². The zero-order valence-electron chi connectivity index (χ0n) is 27.4. The summed E-state index contributed by atoms with van der Waals surface area (Å²) < 4.78 is 2.93. The van der Waals surface area contributed by atoms with Crippen LogP contribution >= 0.6 is 0 Å². The second-order valence-corrected chi connectivity index (χ2v) is 15.9. The Balaban J connectivity index is 1.26. The molecule has 0 bridgehead atoms. The van der Waals surface area contributed by atoms with Gasteiger partial charge in [-0.05, 0) is 0 Å². The molecule has 0 fully saturated rings. The van der Waals surface area contributed by atoms with Crippen LogP contribution in [-0.2, 0) is 5.41 Å². The van der Waals surface area contributed by atoms with Gasteiger partial charge in [0, 0.05) is 0 Å². The average Bonchev–Trinajstić information content (AvgIpc) is 3.65. The summed E-state index contributed by atoms with van der Waals surface area (Å²) in [6.45, 7) is 4.71. The first-order valence-electron chi connectivity index (χ1n) is 17.0. The molecular weight excluding hydrogens is 657 g/mol. The molecule has 1 heterocycles. The Morgan fingerprint density at radius 1 is 0.449 bits per heavy atom. The van der Waals surface area contributed by atoms with Crippen LogP contribution in [0.5, 0.6) is 0 Å². The molecule has 232 valence electrons. The fourth-order valence-corrected chi connectivity index (χ4v) is 11.1. The van der Waals surface area contributed by atoms with Crippen molar-refractivity contribution in [2.75, 3.05) is 4.90 Å². The Morgan fingerprint density at radius 2 is 1.12 bits per heavy atom. The SMILES string of the molecule is CC1(C)c2ccccc2-c2cc(N(c3cccc(-c4ccccc4)c3)c3cccc4c3[se]c3c4ccc4ccc5ccccc5c43)ccc21. The van der Waals surface area contributed by atoms with Crippen LogP contribution in [0, 0.1) is 0 Å². The quantitative estimate of drug-likeness (QED) is 0.131. The maximum atomic E-state index is 2.52. The van der Waals surface area contributed by atoms with E-state index in [1.54, 1.807) is 0 Å². The Morgan fingerprint density at radius 3 is 2.04 bits per heavy atom.